The largest absolute Gasteiger partial charge is 0.497 e. The van der Waals surface area contributed by atoms with E-state index in [-0.39, 0.29) is 11.2 Å². The van der Waals surface area contributed by atoms with Crippen LogP contribution in [0.25, 0.3) is 0 Å². The molecule has 1 aliphatic carbocycles. The molecule has 1 aliphatic rings. The second-order valence-corrected chi connectivity index (χ2v) is 6.49. The van der Waals surface area contributed by atoms with Crippen molar-refractivity contribution in [3.63, 3.8) is 0 Å². The van der Waals surface area contributed by atoms with Crippen molar-refractivity contribution in [3.8, 4) is 5.75 Å². The molecule has 0 radical (unpaired) electrons. The number of methoxy groups -OCH3 is 1. The van der Waals surface area contributed by atoms with Gasteiger partial charge >= 0.3 is 0 Å². The first-order chi connectivity index (χ1) is 10.5. The number of anilines is 2. The molecule has 1 aromatic carbocycles. The van der Waals surface area contributed by atoms with E-state index in [1.165, 1.54) is 0 Å². The average molecular weight is 296 g/mol. The molecule has 22 heavy (non-hydrogen) atoms. The lowest BCUT2D eigenvalue weighted by molar-refractivity contribution is 0.0910. The van der Waals surface area contributed by atoms with Gasteiger partial charge < -0.3 is 10.1 Å². The van der Waals surface area contributed by atoms with Gasteiger partial charge in [-0.15, -0.1) is 0 Å². The number of benzene rings is 1. The first-order valence-electron chi connectivity index (χ1n) is 7.41. The van der Waals surface area contributed by atoms with Crippen LogP contribution < -0.4 is 10.1 Å². The molecule has 0 amide bonds. The van der Waals surface area contributed by atoms with Crippen LogP contribution in [-0.4, -0.2) is 17.9 Å². The number of nitrogens with zero attached hydrogens (tertiary/aromatic N) is 1. The zero-order valence-electron chi connectivity index (χ0n) is 13.1. The summed E-state index contributed by atoms with van der Waals surface area (Å²) < 4.78 is 5.15. The van der Waals surface area contributed by atoms with E-state index in [1.807, 2.05) is 36.4 Å². The zero-order chi connectivity index (χ0) is 15.7. The van der Waals surface area contributed by atoms with Crippen molar-refractivity contribution in [3.05, 3.63) is 47.7 Å². The third-order valence-electron chi connectivity index (χ3n) is 3.92. The molecule has 2 aromatic rings. The van der Waals surface area contributed by atoms with Gasteiger partial charge in [0.1, 0.15) is 11.6 Å². The molecule has 1 heterocycles. The Kier molecular flexibility index (Phi) is 3.61. The molecular weight excluding hydrogens is 276 g/mol. The predicted molar refractivity (Wildman–Crippen MR) is 86.9 cm³/mol. The molecule has 4 nitrogen and oxygen atoms in total. The van der Waals surface area contributed by atoms with Gasteiger partial charge in [-0.05, 0) is 48.2 Å². The summed E-state index contributed by atoms with van der Waals surface area (Å²) in [4.78, 5) is 16.8. The molecule has 114 valence electrons. The van der Waals surface area contributed by atoms with E-state index in [0.717, 1.165) is 34.9 Å². The van der Waals surface area contributed by atoms with Crippen molar-refractivity contribution >= 4 is 17.3 Å². The second-order valence-electron chi connectivity index (χ2n) is 6.49. The van der Waals surface area contributed by atoms with Gasteiger partial charge in [0, 0.05) is 17.7 Å². The minimum absolute atomic E-state index is 0.0180. The van der Waals surface area contributed by atoms with E-state index in [9.17, 15) is 4.79 Å². The molecule has 0 aliphatic heterocycles. The van der Waals surface area contributed by atoms with Gasteiger partial charge in [0.05, 0.1) is 12.8 Å². The van der Waals surface area contributed by atoms with Crippen LogP contribution in [-0.2, 0) is 6.42 Å². The van der Waals surface area contributed by atoms with Gasteiger partial charge in [0.15, 0.2) is 5.78 Å². The topological polar surface area (TPSA) is 51.2 Å². The third kappa shape index (κ3) is 2.96. The maximum atomic E-state index is 12.2. The number of pyridine rings is 1. The van der Waals surface area contributed by atoms with Gasteiger partial charge in [-0.1, -0.05) is 13.8 Å². The van der Waals surface area contributed by atoms with Crippen molar-refractivity contribution < 1.29 is 9.53 Å². The number of carbonyl (C=O) groups is 1. The van der Waals surface area contributed by atoms with E-state index in [2.05, 4.69) is 24.1 Å². The van der Waals surface area contributed by atoms with Gasteiger partial charge in [0.25, 0.3) is 0 Å². The zero-order valence-corrected chi connectivity index (χ0v) is 13.1. The van der Waals surface area contributed by atoms with Crippen LogP contribution in [0.5, 0.6) is 5.75 Å². The highest BCUT2D eigenvalue weighted by Gasteiger charge is 2.31. The maximum absolute atomic E-state index is 12.2. The molecule has 0 saturated heterocycles. The summed E-state index contributed by atoms with van der Waals surface area (Å²) in [6, 6.07) is 11.4. The maximum Gasteiger partial charge on any atom is 0.165 e. The highest BCUT2D eigenvalue weighted by Crippen LogP contribution is 2.34. The highest BCUT2D eigenvalue weighted by atomic mass is 16.5. The second kappa shape index (κ2) is 5.44. The highest BCUT2D eigenvalue weighted by molar-refractivity contribution is 5.98. The van der Waals surface area contributed by atoms with Crippen LogP contribution in [0, 0.1) is 5.41 Å². The number of Topliss-reactive ketones (excluding diaryl/α,β-unsaturated/α-hetero) is 1. The van der Waals surface area contributed by atoms with Gasteiger partial charge in [-0.2, -0.15) is 0 Å². The fraction of sp³-hybridized carbons (Fsp3) is 0.333. The Hall–Kier alpha value is -2.36. The van der Waals surface area contributed by atoms with Gasteiger partial charge in [0.2, 0.25) is 0 Å². The number of rotatable bonds is 3. The molecule has 3 rings (SSSR count). The van der Waals surface area contributed by atoms with Crippen LogP contribution in [0.2, 0.25) is 0 Å². The molecule has 0 spiro atoms. The predicted octanol–water partition coefficient (Wildman–Crippen LogP) is 3.99. The summed E-state index contributed by atoms with van der Waals surface area (Å²) >= 11 is 0. The Morgan fingerprint density at radius 2 is 1.82 bits per heavy atom. The number of hydrogen-bond donors (Lipinski definition) is 1. The van der Waals surface area contributed by atoms with E-state index in [1.54, 1.807) is 7.11 Å². The van der Waals surface area contributed by atoms with Crippen molar-refractivity contribution in [2.24, 2.45) is 5.41 Å². The molecule has 0 bridgehead atoms. The lowest BCUT2D eigenvalue weighted by Crippen LogP contribution is -2.27. The number of fused-ring (bicyclic) bond motifs is 1. The molecule has 0 unspecified atom stereocenters. The van der Waals surface area contributed by atoms with E-state index < -0.39 is 0 Å². The van der Waals surface area contributed by atoms with E-state index in [4.69, 9.17) is 4.74 Å². The Morgan fingerprint density at radius 1 is 1.09 bits per heavy atom. The summed E-state index contributed by atoms with van der Waals surface area (Å²) in [5.74, 6) is 1.76. The van der Waals surface area contributed by atoms with Crippen LogP contribution in [0.1, 0.15) is 36.3 Å². The fourth-order valence-electron chi connectivity index (χ4n) is 2.83. The minimum atomic E-state index is -0.0180. The normalized spacial score (nSPS) is 16.0. The molecule has 0 atom stereocenters. The molecule has 1 N–H and O–H groups in total. The Morgan fingerprint density at radius 3 is 2.50 bits per heavy atom. The first kappa shape index (κ1) is 14.6. The molecule has 0 fully saturated rings. The van der Waals surface area contributed by atoms with Gasteiger partial charge in [-0.3, -0.25) is 4.79 Å². The molecule has 1 aromatic heterocycles. The lowest BCUT2D eigenvalue weighted by Gasteiger charge is -2.29. The van der Waals surface area contributed by atoms with Crippen molar-refractivity contribution in [1.29, 1.82) is 0 Å². The van der Waals surface area contributed by atoms with Crippen molar-refractivity contribution in [2.75, 3.05) is 12.4 Å². The minimum Gasteiger partial charge on any atom is -0.497 e. The molecule has 4 heteroatoms. The van der Waals surface area contributed by atoms with E-state index >= 15 is 0 Å². The molecule has 0 saturated carbocycles. The monoisotopic (exact) mass is 296 g/mol. The average Bonchev–Trinajstić information content (AvgIpc) is 2.46. The quantitative estimate of drug-likeness (QED) is 0.930. The number of carbonyl (C=O) groups excluding carboxylic acids is 1. The van der Waals surface area contributed by atoms with E-state index in [0.29, 0.717) is 6.42 Å². The number of ether oxygens (including phenoxy) is 1. The lowest BCUT2D eigenvalue weighted by atomic mass is 9.76. The first-order valence-corrected chi connectivity index (χ1v) is 7.41. The SMILES string of the molecule is COc1ccc(Nc2ccc3c(n2)CC(C)(C)CC3=O)cc1. The summed E-state index contributed by atoms with van der Waals surface area (Å²) in [5, 5.41) is 3.27. The Bertz CT molecular complexity index is 706. The molecular formula is C18H20N2O2. The number of ketones is 1. The van der Waals surface area contributed by atoms with Crippen molar-refractivity contribution in [1.82, 2.24) is 4.98 Å². The Balaban J connectivity index is 1.85. The summed E-state index contributed by atoms with van der Waals surface area (Å²) in [5.41, 5.74) is 2.57. The fourth-order valence-corrected chi connectivity index (χ4v) is 2.83. The van der Waals surface area contributed by atoms with Crippen LogP contribution >= 0.6 is 0 Å². The summed E-state index contributed by atoms with van der Waals surface area (Å²) in [6.07, 6.45) is 1.42. The summed E-state index contributed by atoms with van der Waals surface area (Å²) in [6.45, 7) is 4.22. The Labute approximate surface area is 130 Å². The van der Waals surface area contributed by atoms with Crippen LogP contribution in [0.3, 0.4) is 0 Å². The smallest absolute Gasteiger partial charge is 0.165 e. The van der Waals surface area contributed by atoms with Crippen LogP contribution in [0.15, 0.2) is 36.4 Å². The standard InChI is InChI=1S/C18H20N2O2/c1-18(2)10-15-14(16(21)11-18)8-9-17(20-15)19-12-4-6-13(22-3)7-5-12/h4-9H,10-11H2,1-3H3,(H,19,20). The summed E-state index contributed by atoms with van der Waals surface area (Å²) in [7, 11) is 1.65. The van der Waals surface area contributed by atoms with Crippen LogP contribution in [0.4, 0.5) is 11.5 Å². The number of hydrogen-bond acceptors (Lipinski definition) is 4. The number of nitrogens with one attached hydrogen (secondary N) is 1. The van der Waals surface area contributed by atoms with Crippen molar-refractivity contribution in [2.45, 2.75) is 26.7 Å². The van der Waals surface area contributed by atoms with Gasteiger partial charge in [-0.25, -0.2) is 4.98 Å². The third-order valence-corrected chi connectivity index (χ3v) is 3.92. The number of aromatic nitrogens is 1.